The molecule has 0 radical (unpaired) electrons. The Hall–Kier alpha value is -0.380. The van der Waals surface area contributed by atoms with Crippen LogP contribution in [0.3, 0.4) is 0 Å². The summed E-state index contributed by atoms with van der Waals surface area (Å²) in [6.07, 6.45) is 7.08. The topological polar surface area (TPSA) is 38.0 Å². The SMILES string of the molecule is CCC1=C(C2=CC=C(Cl)CC2)SC(N)N1. The highest BCUT2D eigenvalue weighted by Crippen LogP contribution is 2.38. The van der Waals surface area contributed by atoms with Gasteiger partial charge in [-0.2, -0.15) is 0 Å². The van der Waals surface area contributed by atoms with E-state index in [0.29, 0.717) is 0 Å². The van der Waals surface area contributed by atoms with Gasteiger partial charge in [-0.3, -0.25) is 0 Å². The lowest BCUT2D eigenvalue weighted by Gasteiger charge is -2.12. The summed E-state index contributed by atoms with van der Waals surface area (Å²) in [7, 11) is 0. The van der Waals surface area contributed by atoms with E-state index in [0.717, 1.165) is 24.3 Å². The molecule has 2 rings (SSSR count). The predicted molar refractivity (Wildman–Crippen MR) is 67.3 cm³/mol. The van der Waals surface area contributed by atoms with Crippen molar-refractivity contribution in [1.82, 2.24) is 5.32 Å². The van der Waals surface area contributed by atoms with Crippen molar-refractivity contribution in [2.45, 2.75) is 31.7 Å². The smallest absolute Gasteiger partial charge is 0.127 e. The fraction of sp³-hybridized carbons (Fsp3) is 0.455. The largest absolute Gasteiger partial charge is 0.364 e. The lowest BCUT2D eigenvalue weighted by Crippen LogP contribution is -2.28. The Balaban J connectivity index is 2.23. The lowest BCUT2D eigenvalue weighted by atomic mass is 10.0. The first-order chi connectivity index (χ1) is 7.20. The standard InChI is InChI=1S/C11H15ClN2S/c1-2-9-10(15-11(13)14-9)7-3-5-8(12)6-4-7/h3,5,11,14H,2,4,6,13H2,1H3. The maximum Gasteiger partial charge on any atom is 0.127 e. The fourth-order valence-electron chi connectivity index (χ4n) is 1.80. The first-order valence-corrected chi connectivity index (χ1v) is 6.44. The molecule has 0 aromatic carbocycles. The summed E-state index contributed by atoms with van der Waals surface area (Å²) in [5.74, 6) is 0. The minimum atomic E-state index is 0.0113. The number of rotatable bonds is 2. The van der Waals surface area contributed by atoms with E-state index in [9.17, 15) is 0 Å². The molecule has 0 aromatic heterocycles. The van der Waals surface area contributed by atoms with Crippen molar-refractivity contribution >= 4 is 23.4 Å². The summed E-state index contributed by atoms with van der Waals surface area (Å²) in [5, 5.41) is 4.23. The summed E-state index contributed by atoms with van der Waals surface area (Å²) in [6.45, 7) is 2.15. The minimum Gasteiger partial charge on any atom is -0.364 e. The number of hydrogen-bond acceptors (Lipinski definition) is 3. The third-order valence-electron chi connectivity index (χ3n) is 2.58. The Labute approximate surface area is 99.6 Å². The normalized spacial score (nSPS) is 26.2. The van der Waals surface area contributed by atoms with Crippen molar-refractivity contribution in [3.63, 3.8) is 0 Å². The molecule has 0 amide bonds. The highest BCUT2D eigenvalue weighted by Gasteiger charge is 2.23. The molecule has 4 heteroatoms. The van der Waals surface area contributed by atoms with E-state index >= 15 is 0 Å². The van der Waals surface area contributed by atoms with Crippen LogP contribution in [0.5, 0.6) is 0 Å². The summed E-state index contributed by atoms with van der Waals surface area (Å²) in [5.41, 5.74) is 8.51. The van der Waals surface area contributed by atoms with Gasteiger partial charge >= 0.3 is 0 Å². The Bertz CT molecular complexity index is 358. The molecule has 0 aromatic rings. The zero-order valence-electron chi connectivity index (χ0n) is 8.72. The monoisotopic (exact) mass is 242 g/mol. The summed E-state index contributed by atoms with van der Waals surface area (Å²) >= 11 is 7.65. The molecule has 1 atom stereocenters. The van der Waals surface area contributed by atoms with E-state index in [1.807, 2.05) is 6.08 Å². The van der Waals surface area contributed by atoms with Gasteiger partial charge in [0.1, 0.15) is 5.50 Å². The first kappa shape index (κ1) is 11.1. The fourth-order valence-corrected chi connectivity index (χ4v) is 3.08. The Morgan fingerprint density at radius 1 is 1.53 bits per heavy atom. The lowest BCUT2D eigenvalue weighted by molar-refractivity contribution is 0.756. The van der Waals surface area contributed by atoms with Crippen molar-refractivity contribution in [3.8, 4) is 0 Å². The van der Waals surface area contributed by atoms with Crippen molar-refractivity contribution < 1.29 is 0 Å². The predicted octanol–water partition coefficient (Wildman–Crippen LogP) is 3.03. The Kier molecular flexibility index (Phi) is 3.44. The van der Waals surface area contributed by atoms with E-state index in [2.05, 4.69) is 18.3 Å². The van der Waals surface area contributed by atoms with Gasteiger partial charge < -0.3 is 11.1 Å². The zero-order chi connectivity index (χ0) is 10.8. The average Bonchev–Trinajstić information content (AvgIpc) is 2.61. The van der Waals surface area contributed by atoms with E-state index in [4.69, 9.17) is 17.3 Å². The molecule has 1 unspecified atom stereocenters. The molecule has 82 valence electrons. The van der Waals surface area contributed by atoms with Gasteiger partial charge in [0.25, 0.3) is 0 Å². The second kappa shape index (κ2) is 4.64. The van der Waals surface area contributed by atoms with Gasteiger partial charge in [0.15, 0.2) is 0 Å². The molecule has 1 aliphatic heterocycles. The number of halogens is 1. The van der Waals surface area contributed by atoms with Crippen LogP contribution in [-0.2, 0) is 0 Å². The van der Waals surface area contributed by atoms with Crippen LogP contribution < -0.4 is 11.1 Å². The molecule has 0 spiro atoms. The van der Waals surface area contributed by atoms with Crippen LogP contribution in [-0.4, -0.2) is 5.50 Å². The molecule has 2 nitrogen and oxygen atoms in total. The highest BCUT2D eigenvalue weighted by molar-refractivity contribution is 8.04. The molecule has 1 heterocycles. The summed E-state index contributed by atoms with van der Waals surface area (Å²) in [4.78, 5) is 1.32. The van der Waals surface area contributed by atoms with Gasteiger partial charge in [-0.1, -0.05) is 36.4 Å². The second-order valence-electron chi connectivity index (χ2n) is 3.65. The first-order valence-electron chi connectivity index (χ1n) is 5.18. The molecule has 1 aliphatic carbocycles. The summed E-state index contributed by atoms with van der Waals surface area (Å²) in [6, 6.07) is 0. The van der Waals surface area contributed by atoms with Crippen LogP contribution in [0.25, 0.3) is 0 Å². The molecule has 3 N–H and O–H groups in total. The van der Waals surface area contributed by atoms with Crippen LogP contribution >= 0.6 is 23.4 Å². The quantitative estimate of drug-likeness (QED) is 0.782. The van der Waals surface area contributed by atoms with E-state index < -0.39 is 0 Å². The van der Waals surface area contributed by atoms with Crippen molar-refractivity contribution in [1.29, 1.82) is 0 Å². The summed E-state index contributed by atoms with van der Waals surface area (Å²) < 4.78 is 0. The third kappa shape index (κ3) is 2.41. The van der Waals surface area contributed by atoms with Gasteiger partial charge in [0, 0.05) is 15.6 Å². The van der Waals surface area contributed by atoms with Crippen LogP contribution in [0, 0.1) is 0 Å². The van der Waals surface area contributed by atoms with Gasteiger partial charge in [-0.25, -0.2) is 0 Å². The number of allylic oxidation sites excluding steroid dienone is 5. The molecule has 0 saturated carbocycles. The number of thioether (sulfide) groups is 1. The molecule has 0 saturated heterocycles. The minimum absolute atomic E-state index is 0.0113. The number of nitrogens with two attached hydrogens (primary N) is 1. The average molecular weight is 243 g/mol. The number of hydrogen-bond donors (Lipinski definition) is 2. The van der Waals surface area contributed by atoms with Crippen molar-refractivity contribution in [2.24, 2.45) is 5.73 Å². The molecule has 0 fully saturated rings. The van der Waals surface area contributed by atoms with Gasteiger partial charge in [0.05, 0.1) is 0 Å². The van der Waals surface area contributed by atoms with Crippen molar-refractivity contribution in [2.75, 3.05) is 0 Å². The molecular weight excluding hydrogens is 228 g/mol. The van der Waals surface area contributed by atoms with Gasteiger partial charge in [-0.05, 0) is 30.9 Å². The van der Waals surface area contributed by atoms with E-state index in [-0.39, 0.29) is 5.50 Å². The molecule has 0 bridgehead atoms. The van der Waals surface area contributed by atoms with Crippen LogP contribution in [0.2, 0.25) is 0 Å². The number of nitrogens with one attached hydrogen (secondary N) is 1. The van der Waals surface area contributed by atoms with Gasteiger partial charge in [-0.15, -0.1) is 0 Å². The van der Waals surface area contributed by atoms with E-state index in [1.165, 1.54) is 16.2 Å². The molecule has 15 heavy (non-hydrogen) atoms. The Morgan fingerprint density at radius 2 is 2.33 bits per heavy atom. The van der Waals surface area contributed by atoms with Crippen LogP contribution in [0.15, 0.2) is 33.4 Å². The second-order valence-corrected chi connectivity index (χ2v) is 5.29. The third-order valence-corrected chi connectivity index (χ3v) is 4.01. The maximum atomic E-state index is 5.94. The van der Waals surface area contributed by atoms with Crippen LogP contribution in [0.1, 0.15) is 26.2 Å². The van der Waals surface area contributed by atoms with E-state index in [1.54, 1.807) is 11.8 Å². The highest BCUT2D eigenvalue weighted by atomic mass is 35.5. The maximum absolute atomic E-state index is 5.94. The van der Waals surface area contributed by atoms with Gasteiger partial charge in [0.2, 0.25) is 0 Å². The van der Waals surface area contributed by atoms with Crippen molar-refractivity contribution in [3.05, 3.63) is 33.4 Å². The Morgan fingerprint density at radius 3 is 2.93 bits per heavy atom. The van der Waals surface area contributed by atoms with Crippen LogP contribution in [0.4, 0.5) is 0 Å². The zero-order valence-corrected chi connectivity index (χ0v) is 10.3. The molecular formula is C11H15ClN2S. The molecule has 2 aliphatic rings.